The van der Waals surface area contributed by atoms with Gasteiger partial charge in [0.2, 0.25) is 6.79 Å². The molecule has 0 spiro atoms. The smallest absolute Gasteiger partial charge is 0.231 e. The van der Waals surface area contributed by atoms with E-state index in [0.717, 1.165) is 42.6 Å². The Kier molecular flexibility index (Phi) is 6.50. The van der Waals surface area contributed by atoms with E-state index in [2.05, 4.69) is 24.4 Å². The molecule has 0 aromatic heterocycles. The van der Waals surface area contributed by atoms with Crippen molar-refractivity contribution in [2.75, 3.05) is 38.6 Å². The maximum atomic E-state index is 5.46. The summed E-state index contributed by atoms with van der Waals surface area (Å²) in [6, 6.07) is 6.55. The van der Waals surface area contributed by atoms with Gasteiger partial charge in [-0.15, -0.1) is 0 Å². The van der Waals surface area contributed by atoms with E-state index in [1.807, 2.05) is 17.8 Å². The van der Waals surface area contributed by atoms with Gasteiger partial charge < -0.3 is 19.5 Å². The Morgan fingerprint density at radius 3 is 3.00 bits per heavy atom. The minimum absolute atomic E-state index is 0.328. The zero-order chi connectivity index (χ0) is 14.2. The van der Waals surface area contributed by atoms with Crippen LogP contribution >= 0.6 is 11.8 Å². The first-order valence-electron chi connectivity index (χ1n) is 7.04. The van der Waals surface area contributed by atoms with Crippen LogP contribution < -0.4 is 14.8 Å². The van der Waals surface area contributed by atoms with E-state index in [-0.39, 0.29) is 0 Å². The summed E-state index contributed by atoms with van der Waals surface area (Å²) in [5.41, 5.74) is 1.26. The fourth-order valence-electron chi connectivity index (χ4n) is 2.06. The van der Waals surface area contributed by atoms with Crippen molar-refractivity contribution in [2.24, 2.45) is 0 Å². The Hall–Kier alpha value is -0.910. The van der Waals surface area contributed by atoms with Gasteiger partial charge in [-0.25, -0.2) is 0 Å². The standard InChI is InChI=1S/C15H23NO3S/c1-3-6-16-13(10-20-8-7-17-2)12-4-5-14-15(9-12)19-11-18-14/h4-5,9,13,16H,3,6-8,10-11H2,1-2H3. The Bertz CT molecular complexity index is 414. The Morgan fingerprint density at radius 1 is 1.35 bits per heavy atom. The van der Waals surface area contributed by atoms with E-state index in [4.69, 9.17) is 14.2 Å². The van der Waals surface area contributed by atoms with E-state index < -0.39 is 0 Å². The molecule has 0 radical (unpaired) electrons. The molecule has 20 heavy (non-hydrogen) atoms. The van der Waals surface area contributed by atoms with Crippen LogP contribution in [-0.4, -0.2) is 38.6 Å². The van der Waals surface area contributed by atoms with Crippen LogP contribution in [0.3, 0.4) is 0 Å². The van der Waals surface area contributed by atoms with Crippen LogP contribution in [0.1, 0.15) is 24.9 Å². The third-order valence-electron chi connectivity index (χ3n) is 3.16. The van der Waals surface area contributed by atoms with Gasteiger partial charge >= 0.3 is 0 Å². The van der Waals surface area contributed by atoms with Gasteiger partial charge in [0.1, 0.15) is 0 Å². The van der Waals surface area contributed by atoms with Crippen molar-refractivity contribution < 1.29 is 14.2 Å². The number of methoxy groups -OCH3 is 1. The lowest BCUT2D eigenvalue weighted by Gasteiger charge is -2.19. The number of hydrogen-bond donors (Lipinski definition) is 1. The van der Waals surface area contributed by atoms with Crippen molar-refractivity contribution in [3.63, 3.8) is 0 Å². The van der Waals surface area contributed by atoms with Crippen LogP contribution in [0, 0.1) is 0 Å². The van der Waals surface area contributed by atoms with Crippen LogP contribution in [0.2, 0.25) is 0 Å². The van der Waals surface area contributed by atoms with E-state index in [0.29, 0.717) is 12.8 Å². The van der Waals surface area contributed by atoms with Crippen LogP contribution in [0.5, 0.6) is 11.5 Å². The molecule has 1 aromatic rings. The predicted molar refractivity (Wildman–Crippen MR) is 82.8 cm³/mol. The molecule has 1 unspecified atom stereocenters. The summed E-state index contributed by atoms with van der Waals surface area (Å²) < 4.78 is 15.9. The highest BCUT2D eigenvalue weighted by atomic mass is 32.2. The molecule has 1 N–H and O–H groups in total. The number of thioether (sulfide) groups is 1. The molecule has 0 fully saturated rings. The number of rotatable bonds is 9. The lowest BCUT2D eigenvalue weighted by molar-refractivity contribution is 0.174. The average Bonchev–Trinajstić information content (AvgIpc) is 2.94. The highest BCUT2D eigenvalue weighted by Crippen LogP contribution is 2.34. The van der Waals surface area contributed by atoms with Crippen molar-refractivity contribution in [1.82, 2.24) is 5.32 Å². The van der Waals surface area contributed by atoms with Crippen LogP contribution in [0.15, 0.2) is 18.2 Å². The summed E-state index contributed by atoms with van der Waals surface area (Å²) >= 11 is 1.90. The lowest BCUT2D eigenvalue weighted by atomic mass is 10.1. The number of nitrogens with one attached hydrogen (secondary N) is 1. The van der Waals surface area contributed by atoms with Crippen molar-refractivity contribution >= 4 is 11.8 Å². The third-order valence-corrected chi connectivity index (χ3v) is 4.18. The van der Waals surface area contributed by atoms with Crippen LogP contribution in [-0.2, 0) is 4.74 Å². The molecule has 1 aliphatic rings. The maximum absolute atomic E-state index is 5.46. The summed E-state index contributed by atoms with van der Waals surface area (Å²) in [6.07, 6.45) is 1.13. The molecule has 112 valence electrons. The monoisotopic (exact) mass is 297 g/mol. The van der Waals surface area contributed by atoms with Crippen molar-refractivity contribution in [1.29, 1.82) is 0 Å². The second-order valence-electron chi connectivity index (χ2n) is 4.69. The number of hydrogen-bond acceptors (Lipinski definition) is 5. The molecule has 0 bridgehead atoms. The predicted octanol–water partition coefficient (Wildman–Crippen LogP) is 2.84. The van der Waals surface area contributed by atoms with Crippen LogP contribution in [0.25, 0.3) is 0 Å². The van der Waals surface area contributed by atoms with Crippen LogP contribution in [0.4, 0.5) is 0 Å². The first-order chi connectivity index (χ1) is 9.85. The molecule has 1 heterocycles. The van der Waals surface area contributed by atoms with Gasteiger partial charge in [-0.1, -0.05) is 13.0 Å². The molecular formula is C15H23NO3S. The van der Waals surface area contributed by atoms with E-state index in [9.17, 15) is 0 Å². The van der Waals surface area contributed by atoms with E-state index >= 15 is 0 Å². The van der Waals surface area contributed by atoms with Crippen molar-refractivity contribution in [3.05, 3.63) is 23.8 Å². The van der Waals surface area contributed by atoms with Gasteiger partial charge in [0.15, 0.2) is 11.5 Å². The van der Waals surface area contributed by atoms with Crippen molar-refractivity contribution in [3.8, 4) is 11.5 Å². The minimum Gasteiger partial charge on any atom is -0.454 e. The molecule has 0 saturated carbocycles. The van der Waals surface area contributed by atoms with Gasteiger partial charge in [-0.05, 0) is 30.7 Å². The third kappa shape index (κ3) is 4.30. The second kappa shape index (κ2) is 8.39. The summed E-state index contributed by atoms with van der Waals surface area (Å²) in [5, 5.41) is 3.60. The molecule has 4 nitrogen and oxygen atoms in total. The molecule has 1 aliphatic heterocycles. The van der Waals surface area contributed by atoms with Gasteiger partial charge in [-0.2, -0.15) is 11.8 Å². The highest BCUT2D eigenvalue weighted by molar-refractivity contribution is 7.99. The van der Waals surface area contributed by atoms with E-state index in [1.54, 1.807) is 7.11 Å². The molecule has 0 aliphatic carbocycles. The van der Waals surface area contributed by atoms with Gasteiger partial charge in [0.25, 0.3) is 0 Å². The molecule has 0 saturated heterocycles. The summed E-state index contributed by atoms with van der Waals surface area (Å²) in [4.78, 5) is 0. The first-order valence-corrected chi connectivity index (χ1v) is 8.20. The highest BCUT2D eigenvalue weighted by Gasteiger charge is 2.17. The summed E-state index contributed by atoms with van der Waals surface area (Å²) in [6.45, 7) is 4.33. The number of ether oxygens (including phenoxy) is 3. The molecule has 2 rings (SSSR count). The minimum atomic E-state index is 0.328. The number of benzene rings is 1. The van der Waals surface area contributed by atoms with Gasteiger partial charge in [-0.3, -0.25) is 0 Å². The zero-order valence-corrected chi connectivity index (χ0v) is 13.0. The molecule has 5 heteroatoms. The SMILES string of the molecule is CCCNC(CSCCOC)c1ccc2c(c1)OCO2. The quantitative estimate of drug-likeness (QED) is 0.710. The Morgan fingerprint density at radius 2 is 2.20 bits per heavy atom. The summed E-state index contributed by atoms with van der Waals surface area (Å²) in [7, 11) is 1.74. The van der Waals surface area contributed by atoms with Gasteiger partial charge in [0, 0.05) is 24.7 Å². The largest absolute Gasteiger partial charge is 0.454 e. The fraction of sp³-hybridized carbons (Fsp3) is 0.600. The fourth-order valence-corrected chi connectivity index (χ4v) is 3.06. The number of fused-ring (bicyclic) bond motifs is 1. The molecule has 1 atom stereocenters. The van der Waals surface area contributed by atoms with Crippen molar-refractivity contribution in [2.45, 2.75) is 19.4 Å². The Balaban J connectivity index is 1.97. The second-order valence-corrected chi connectivity index (χ2v) is 5.84. The zero-order valence-electron chi connectivity index (χ0n) is 12.2. The summed E-state index contributed by atoms with van der Waals surface area (Å²) in [5.74, 6) is 3.75. The molecule has 1 aromatic carbocycles. The lowest BCUT2D eigenvalue weighted by Crippen LogP contribution is -2.24. The van der Waals surface area contributed by atoms with E-state index in [1.165, 1.54) is 5.56 Å². The Labute approximate surface area is 125 Å². The van der Waals surface area contributed by atoms with Gasteiger partial charge in [0.05, 0.1) is 6.61 Å². The first kappa shape index (κ1) is 15.5. The average molecular weight is 297 g/mol. The molecular weight excluding hydrogens is 274 g/mol. The topological polar surface area (TPSA) is 39.7 Å². The normalized spacial score (nSPS) is 14.5. The molecule has 0 amide bonds. The maximum Gasteiger partial charge on any atom is 0.231 e.